The van der Waals surface area contributed by atoms with Crippen LogP contribution in [0.1, 0.15) is 24.6 Å². The summed E-state index contributed by atoms with van der Waals surface area (Å²) in [6, 6.07) is 3.66. The van der Waals surface area contributed by atoms with Gasteiger partial charge < -0.3 is 9.47 Å². The summed E-state index contributed by atoms with van der Waals surface area (Å²) in [5.41, 5.74) is 0.804. The Morgan fingerprint density at radius 1 is 1.08 bits per heavy atom. The molecule has 0 N–H and O–H groups in total. The highest BCUT2D eigenvalue weighted by molar-refractivity contribution is 5.36. The molecule has 0 amide bonds. The van der Waals surface area contributed by atoms with E-state index in [1.54, 1.807) is 24.5 Å². The monoisotopic (exact) mass is 356 g/mol. The number of hydrogen-bond acceptors (Lipinski definition) is 6. The highest BCUT2D eigenvalue weighted by atomic mass is 16.1. The lowest BCUT2D eigenvalue weighted by Crippen LogP contribution is -2.49. The number of piperazine rings is 1. The van der Waals surface area contributed by atoms with Crippen molar-refractivity contribution in [2.45, 2.75) is 32.4 Å². The minimum Gasteiger partial charge on any atom is -0.349 e. The van der Waals surface area contributed by atoms with Crippen LogP contribution in [0.25, 0.3) is 0 Å². The summed E-state index contributed by atoms with van der Waals surface area (Å²) in [5, 5.41) is 4.28. The van der Waals surface area contributed by atoms with Gasteiger partial charge in [-0.3, -0.25) is 14.5 Å². The van der Waals surface area contributed by atoms with E-state index >= 15 is 0 Å². The fourth-order valence-corrected chi connectivity index (χ4v) is 3.40. The lowest BCUT2D eigenvalue weighted by atomic mass is 10.3. The summed E-state index contributed by atoms with van der Waals surface area (Å²) in [6.07, 6.45) is 5.70. The van der Waals surface area contributed by atoms with Crippen molar-refractivity contribution in [2.75, 3.05) is 37.6 Å². The summed E-state index contributed by atoms with van der Waals surface area (Å²) in [4.78, 5) is 33.2. The van der Waals surface area contributed by atoms with E-state index in [9.17, 15) is 9.59 Å². The molecule has 2 aliphatic rings. The van der Waals surface area contributed by atoms with Gasteiger partial charge in [0.25, 0.3) is 11.1 Å². The molecule has 0 unspecified atom stereocenters. The first-order valence-corrected chi connectivity index (χ1v) is 9.21. The zero-order chi connectivity index (χ0) is 18.1. The molecule has 8 heteroatoms. The van der Waals surface area contributed by atoms with Gasteiger partial charge in [0, 0.05) is 57.2 Å². The van der Waals surface area contributed by atoms with Gasteiger partial charge in [0.2, 0.25) is 0 Å². The minimum atomic E-state index is -0.0663. The zero-order valence-electron chi connectivity index (χ0n) is 15.0. The molecule has 1 aliphatic heterocycles. The van der Waals surface area contributed by atoms with Crippen molar-refractivity contribution in [2.24, 2.45) is 0 Å². The van der Waals surface area contributed by atoms with E-state index in [4.69, 9.17) is 0 Å². The Bertz CT molecular complexity index is 893. The van der Waals surface area contributed by atoms with Gasteiger partial charge in [-0.1, -0.05) is 0 Å². The Hall–Kier alpha value is -2.48. The molecule has 4 rings (SSSR count). The Morgan fingerprint density at radius 2 is 1.85 bits per heavy atom. The van der Waals surface area contributed by atoms with Crippen LogP contribution in [0.4, 0.5) is 5.82 Å². The highest BCUT2D eigenvalue weighted by Crippen LogP contribution is 2.33. The zero-order valence-corrected chi connectivity index (χ0v) is 15.0. The topological polar surface area (TPSA) is 76.3 Å². The Labute approximate surface area is 151 Å². The molecule has 0 atom stereocenters. The highest BCUT2D eigenvalue weighted by Gasteiger charge is 2.27. The van der Waals surface area contributed by atoms with Crippen molar-refractivity contribution >= 4 is 5.82 Å². The van der Waals surface area contributed by atoms with Crippen molar-refractivity contribution in [3.8, 4) is 0 Å². The molecule has 3 heterocycles. The fourth-order valence-electron chi connectivity index (χ4n) is 3.40. The van der Waals surface area contributed by atoms with Gasteiger partial charge in [-0.05, 0) is 25.8 Å². The molecule has 2 fully saturated rings. The van der Waals surface area contributed by atoms with Crippen LogP contribution < -0.4 is 16.0 Å². The van der Waals surface area contributed by atoms with Crippen molar-refractivity contribution in [1.82, 2.24) is 24.2 Å². The second-order valence-electron chi connectivity index (χ2n) is 7.06. The second-order valence-corrected chi connectivity index (χ2v) is 7.06. The van der Waals surface area contributed by atoms with Crippen LogP contribution in [0.3, 0.4) is 0 Å². The number of nitrogens with zero attached hydrogens (tertiary/aromatic N) is 6. The number of anilines is 1. The van der Waals surface area contributed by atoms with Gasteiger partial charge >= 0.3 is 0 Å². The first-order valence-electron chi connectivity index (χ1n) is 9.21. The van der Waals surface area contributed by atoms with Crippen LogP contribution >= 0.6 is 0 Å². The molecule has 26 heavy (non-hydrogen) atoms. The second kappa shape index (κ2) is 7.03. The fraction of sp³-hybridized carbons (Fsp3) is 0.556. The van der Waals surface area contributed by atoms with Crippen molar-refractivity contribution in [1.29, 1.82) is 0 Å². The number of rotatable bonds is 5. The third-order valence-corrected chi connectivity index (χ3v) is 5.09. The molecule has 1 aliphatic carbocycles. The smallest absolute Gasteiger partial charge is 0.293 e. The molecule has 1 saturated carbocycles. The molecule has 8 nitrogen and oxygen atoms in total. The molecule has 0 radical (unpaired) electrons. The minimum absolute atomic E-state index is 0.0268. The van der Waals surface area contributed by atoms with Gasteiger partial charge in [0.1, 0.15) is 0 Å². The van der Waals surface area contributed by atoms with Crippen LogP contribution in [-0.4, -0.2) is 57.0 Å². The molecule has 138 valence electrons. The van der Waals surface area contributed by atoms with Crippen molar-refractivity contribution < 1.29 is 0 Å². The summed E-state index contributed by atoms with van der Waals surface area (Å²) < 4.78 is 3.35. The third-order valence-electron chi connectivity index (χ3n) is 5.09. The number of hydrogen-bond donors (Lipinski definition) is 0. The average molecular weight is 356 g/mol. The van der Waals surface area contributed by atoms with Crippen LogP contribution in [-0.2, 0) is 6.54 Å². The summed E-state index contributed by atoms with van der Waals surface area (Å²) >= 11 is 0. The number of aryl methyl sites for hydroxylation is 1. The van der Waals surface area contributed by atoms with Crippen LogP contribution in [0, 0.1) is 6.92 Å². The van der Waals surface area contributed by atoms with E-state index in [0.717, 1.165) is 51.3 Å². The predicted molar refractivity (Wildman–Crippen MR) is 98.7 cm³/mol. The van der Waals surface area contributed by atoms with Crippen LogP contribution in [0.15, 0.2) is 34.1 Å². The predicted octanol–water partition coefficient (Wildman–Crippen LogP) is 0.266. The van der Waals surface area contributed by atoms with Crippen LogP contribution in [0.5, 0.6) is 0 Å². The normalized spacial score (nSPS) is 18.3. The average Bonchev–Trinajstić information content (AvgIpc) is 3.48. The third kappa shape index (κ3) is 3.55. The molecule has 0 aromatic carbocycles. The van der Waals surface area contributed by atoms with E-state index in [2.05, 4.69) is 19.9 Å². The van der Waals surface area contributed by atoms with E-state index in [1.165, 1.54) is 4.68 Å². The van der Waals surface area contributed by atoms with Crippen LogP contribution in [0.2, 0.25) is 0 Å². The lowest BCUT2D eigenvalue weighted by molar-refractivity contribution is 0.241. The van der Waals surface area contributed by atoms with Gasteiger partial charge in [-0.25, -0.2) is 9.67 Å². The maximum Gasteiger partial charge on any atom is 0.293 e. The molecular formula is C18H24N6O2. The standard InChI is InChI=1S/C18H24N6O2/c1-14-2-5-16(25)24(20-14)13-10-21-8-11-22(12-9-21)17-18(26)23(7-6-19-17)15-3-4-15/h2,5-7,15H,3-4,8-13H2,1H3. The summed E-state index contributed by atoms with van der Waals surface area (Å²) in [6.45, 7) is 6.48. The first kappa shape index (κ1) is 17.0. The molecule has 0 bridgehead atoms. The van der Waals surface area contributed by atoms with Crippen molar-refractivity contribution in [3.05, 3.63) is 50.9 Å². The SMILES string of the molecule is Cc1ccc(=O)n(CCN2CCN(c3nccn(C4CC4)c3=O)CC2)n1. The van der Waals surface area contributed by atoms with E-state index in [0.29, 0.717) is 18.4 Å². The largest absolute Gasteiger partial charge is 0.349 e. The van der Waals surface area contributed by atoms with Crippen molar-refractivity contribution in [3.63, 3.8) is 0 Å². The maximum atomic E-state index is 12.6. The Balaban J connectivity index is 1.36. The van der Waals surface area contributed by atoms with E-state index in [1.807, 2.05) is 11.5 Å². The number of aromatic nitrogens is 4. The quantitative estimate of drug-likeness (QED) is 0.765. The Morgan fingerprint density at radius 3 is 2.58 bits per heavy atom. The molecule has 0 spiro atoms. The van der Waals surface area contributed by atoms with Gasteiger partial charge in [-0.15, -0.1) is 0 Å². The van der Waals surface area contributed by atoms with E-state index < -0.39 is 0 Å². The molecule has 1 saturated heterocycles. The molecule has 2 aromatic rings. The van der Waals surface area contributed by atoms with Gasteiger partial charge in [-0.2, -0.15) is 5.10 Å². The maximum absolute atomic E-state index is 12.6. The Kier molecular flexibility index (Phi) is 4.58. The first-order chi connectivity index (χ1) is 12.6. The van der Waals surface area contributed by atoms with Gasteiger partial charge in [0.15, 0.2) is 5.82 Å². The lowest BCUT2D eigenvalue weighted by Gasteiger charge is -2.35. The molecule has 2 aromatic heterocycles. The van der Waals surface area contributed by atoms with E-state index in [-0.39, 0.29) is 11.1 Å². The summed E-state index contributed by atoms with van der Waals surface area (Å²) in [5.74, 6) is 0.565. The molecular weight excluding hydrogens is 332 g/mol. The summed E-state index contributed by atoms with van der Waals surface area (Å²) in [7, 11) is 0. The van der Waals surface area contributed by atoms with Gasteiger partial charge in [0.05, 0.1) is 12.2 Å².